The van der Waals surface area contributed by atoms with Crippen molar-refractivity contribution in [1.29, 1.82) is 0 Å². The zero-order valence-electron chi connectivity index (χ0n) is 9.71. The predicted molar refractivity (Wildman–Crippen MR) is 66.4 cm³/mol. The third kappa shape index (κ3) is 4.54. The van der Waals surface area contributed by atoms with Gasteiger partial charge in [-0.3, -0.25) is 4.79 Å². The van der Waals surface area contributed by atoms with Crippen molar-refractivity contribution >= 4 is 27.4 Å². The summed E-state index contributed by atoms with van der Waals surface area (Å²) in [5.41, 5.74) is 0.119. The van der Waals surface area contributed by atoms with Gasteiger partial charge in [-0.15, -0.1) is 0 Å². The van der Waals surface area contributed by atoms with E-state index in [4.69, 9.17) is 5.11 Å². The molecule has 6 nitrogen and oxygen atoms in total. The third-order valence-corrected chi connectivity index (χ3v) is 3.08. The highest BCUT2D eigenvalue weighted by atomic mass is 32.2. The lowest BCUT2D eigenvalue weighted by molar-refractivity contribution is -0.115. The first-order chi connectivity index (χ1) is 8.29. The predicted octanol–water partition coefficient (Wildman–Crippen LogP) is 0.758. The van der Waals surface area contributed by atoms with Crippen LogP contribution in [0.25, 0.3) is 0 Å². The first-order valence-corrected chi connectivity index (χ1v) is 7.15. The smallest absolute Gasteiger partial charge is 0.337 e. The standard InChI is InChI=1S/C11H13NO5S/c1-18(16,17)7-6-10(13)12-9-5-3-2-4-8(9)11(14)15/h2-5H,6-7H2,1H3,(H,12,13)(H,14,15). The van der Waals surface area contributed by atoms with E-state index >= 15 is 0 Å². The maximum Gasteiger partial charge on any atom is 0.337 e. The number of sulfone groups is 1. The molecule has 0 aliphatic heterocycles. The van der Waals surface area contributed by atoms with Crippen molar-refractivity contribution in [2.45, 2.75) is 6.42 Å². The summed E-state index contributed by atoms with van der Waals surface area (Å²) in [6, 6.07) is 5.92. The summed E-state index contributed by atoms with van der Waals surface area (Å²) in [6.07, 6.45) is 0.832. The Balaban J connectivity index is 2.73. The van der Waals surface area contributed by atoms with Gasteiger partial charge in [0.25, 0.3) is 0 Å². The fraction of sp³-hybridized carbons (Fsp3) is 0.273. The van der Waals surface area contributed by atoms with Gasteiger partial charge >= 0.3 is 5.97 Å². The molecule has 1 aromatic rings. The van der Waals surface area contributed by atoms with E-state index < -0.39 is 21.7 Å². The highest BCUT2D eigenvalue weighted by Crippen LogP contribution is 2.15. The molecule has 0 atom stereocenters. The van der Waals surface area contributed by atoms with Crippen LogP contribution in [0.15, 0.2) is 24.3 Å². The van der Waals surface area contributed by atoms with Gasteiger partial charge in [0.1, 0.15) is 9.84 Å². The lowest BCUT2D eigenvalue weighted by atomic mass is 10.2. The number of rotatable bonds is 5. The summed E-state index contributed by atoms with van der Waals surface area (Å²) in [4.78, 5) is 22.3. The summed E-state index contributed by atoms with van der Waals surface area (Å²) < 4.78 is 21.8. The van der Waals surface area contributed by atoms with Gasteiger partial charge < -0.3 is 10.4 Å². The Morgan fingerprint density at radius 2 is 1.89 bits per heavy atom. The van der Waals surface area contributed by atoms with Crippen LogP contribution in [-0.4, -0.2) is 37.4 Å². The second kappa shape index (κ2) is 5.63. The maximum absolute atomic E-state index is 11.5. The van der Waals surface area contributed by atoms with Crippen LogP contribution in [0.5, 0.6) is 0 Å². The van der Waals surface area contributed by atoms with E-state index in [1.165, 1.54) is 18.2 Å². The number of carboxylic acids is 1. The molecule has 98 valence electrons. The molecule has 0 saturated heterocycles. The van der Waals surface area contributed by atoms with Crippen LogP contribution in [0.4, 0.5) is 5.69 Å². The SMILES string of the molecule is CS(=O)(=O)CCC(=O)Nc1ccccc1C(=O)O. The Hall–Kier alpha value is -1.89. The molecule has 0 fully saturated rings. The molecule has 0 aromatic heterocycles. The first kappa shape index (κ1) is 14.2. The molecule has 1 rings (SSSR count). The number of carbonyl (C=O) groups excluding carboxylic acids is 1. The van der Waals surface area contributed by atoms with Crippen LogP contribution in [0.2, 0.25) is 0 Å². The van der Waals surface area contributed by atoms with Crippen LogP contribution in [0, 0.1) is 0 Å². The van der Waals surface area contributed by atoms with E-state index in [-0.39, 0.29) is 23.4 Å². The Morgan fingerprint density at radius 1 is 1.28 bits per heavy atom. The first-order valence-electron chi connectivity index (χ1n) is 5.09. The fourth-order valence-electron chi connectivity index (χ4n) is 1.27. The van der Waals surface area contributed by atoms with E-state index in [2.05, 4.69) is 5.32 Å². The number of hydrogen-bond donors (Lipinski definition) is 2. The largest absolute Gasteiger partial charge is 0.478 e. The topological polar surface area (TPSA) is 101 Å². The van der Waals surface area contributed by atoms with Gasteiger partial charge in [0.05, 0.1) is 17.0 Å². The van der Waals surface area contributed by atoms with Gasteiger partial charge in [-0.05, 0) is 12.1 Å². The number of hydrogen-bond acceptors (Lipinski definition) is 4. The zero-order valence-corrected chi connectivity index (χ0v) is 10.5. The molecule has 1 aromatic carbocycles. The summed E-state index contributed by atoms with van der Waals surface area (Å²) in [7, 11) is -3.22. The Kier molecular flexibility index (Phi) is 4.43. The molecule has 0 heterocycles. The van der Waals surface area contributed by atoms with Crippen LogP contribution in [0.3, 0.4) is 0 Å². The van der Waals surface area contributed by atoms with Crippen molar-refractivity contribution in [3.8, 4) is 0 Å². The second-order valence-electron chi connectivity index (χ2n) is 3.78. The number of para-hydroxylation sites is 1. The lowest BCUT2D eigenvalue weighted by Crippen LogP contribution is -2.18. The molecule has 0 aliphatic carbocycles. The minimum atomic E-state index is -3.22. The van der Waals surface area contributed by atoms with Crippen molar-refractivity contribution in [3.63, 3.8) is 0 Å². The molecule has 0 bridgehead atoms. The Morgan fingerprint density at radius 3 is 2.44 bits per heavy atom. The Bertz CT molecular complexity index is 565. The number of amides is 1. The number of aromatic carboxylic acids is 1. The van der Waals surface area contributed by atoms with Crippen molar-refractivity contribution in [3.05, 3.63) is 29.8 Å². The van der Waals surface area contributed by atoms with Crippen LogP contribution in [0.1, 0.15) is 16.8 Å². The molecule has 0 spiro atoms. The van der Waals surface area contributed by atoms with Crippen molar-refractivity contribution in [1.82, 2.24) is 0 Å². The molecule has 7 heteroatoms. The summed E-state index contributed by atoms with van der Waals surface area (Å²) in [5.74, 6) is -1.96. The highest BCUT2D eigenvalue weighted by molar-refractivity contribution is 7.90. The normalized spacial score (nSPS) is 10.9. The second-order valence-corrected chi connectivity index (χ2v) is 6.04. The van der Waals surface area contributed by atoms with E-state index in [0.29, 0.717) is 0 Å². The third-order valence-electron chi connectivity index (χ3n) is 2.13. The van der Waals surface area contributed by atoms with E-state index in [1.54, 1.807) is 6.07 Å². The molecule has 18 heavy (non-hydrogen) atoms. The zero-order chi connectivity index (χ0) is 13.8. The average Bonchev–Trinajstić information content (AvgIpc) is 2.26. The van der Waals surface area contributed by atoms with Crippen LogP contribution >= 0.6 is 0 Å². The minimum Gasteiger partial charge on any atom is -0.478 e. The van der Waals surface area contributed by atoms with Crippen molar-refractivity contribution in [2.75, 3.05) is 17.3 Å². The highest BCUT2D eigenvalue weighted by Gasteiger charge is 2.13. The molecule has 0 unspecified atom stereocenters. The van der Waals surface area contributed by atoms with Gasteiger partial charge in [0.2, 0.25) is 5.91 Å². The summed E-state index contributed by atoms with van der Waals surface area (Å²) in [6.45, 7) is 0. The number of benzene rings is 1. The van der Waals surface area contributed by atoms with E-state index in [1.807, 2.05) is 0 Å². The molecular weight excluding hydrogens is 258 g/mol. The molecule has 0 saturated carbocycles. The van der Waals surface area contributed by atoms with Crippen molar-refractivity contribution < 1.29 is 23.1 Å². The van der Waals surface area contributed by atoms with Crippen LogP contribution in [-0.2, 0) is 14.6 Å². The molecular formula is C11H13NO5S. The van der Waals surface area contributed by atoms with E-state index in [9.17, 15) is 18.0 Å². The number of anilines is 1. The lowest BCUT2D eigenvalue weighted by Gasteiger charge is -2.07. The van der Waals surface area contributed by atoms with Gasteiger partial charge in [-0.25, -0.2) is 13.2 Å². The molecule has 0 radical (unpaired) electrons. The van der Waals surface area contributed by atoms with Gasteiger partial charge in [0, 0.05) is 12.7 Å². The fourth-order valence-corrected chi connectivity index (χ4v) is 1.83. The van der Waals surface area contributed by atoms with Crippen molar-refractivity contribution in [2.24, 2.45) is 0 Å². The quantitative estimate of drug-likeness (QED) is 0.823. The van der Waals surface area contributed by atoms with Crippen LogP contribution < -0.4 is 5.32 Å². The minimum absolute atomic E-state index is 0.0368. The maximum atomic E-state index is 11.5. The number of nitrogens with one attached hydrogen (secondary N) is 1. The average molecular weight is 271 g/mol. The molecule has 0 aliphatic rings. The molecule has 1 amide bonds. The number of carboxylic acid groups (broad SMARTS) is 1. The molecule has 2 N–H and O–H groups in total. The van der Waals surface area contributed by atoms with E-state index in [0.717, 1.165) is 6.26 Å². The van der Waals surface area contributed by atoms with Gasteiger partial charge in [0.15, 0.2) is 0 Å². The summed E-state index contributed by atoms with van der Waals surface area (Å²) in [5, 5.41) is 11.3. The number of carbonyl (C=O) groups is 2. The monoisotopic (exact) mass is 271 g/mol. The van der Waals surface area contributed by atoms with Gasteiger partial charge in [-0.2, -0.15) is 0 Å². The van der Waals surface area contributed by atoms with Gasteiger partial charge in [-0.1, -0.05) is 12.1 Å². The summed E-state index contributed by atoms with van der Waals surface area (Å²) >= 11 is 0. The Labute approximate surface area is 105 Å².